The molecule has 5 rings (SSSR count). The summed E-state index contributed by atoms with van der Waals surface area (Å²) >= 11 is 9.72. The Kier molecular flexibility index (Phi) is 6.79. The van der Waals surface area contributed by atoms with E-state index in [1.807, 2.05) is 67.6 Å². The molecule has 0 atom stereocenters. The maximum atomic E-state index is 16.5. The smallest absolute Gasteiger partial charge is 0.135 e. The highest BCUT2D eigenvalue weighted by Crippen LogP contribution is 2.49. The minimum atomic E-state index is -0.335. The number of rotatable bonds is 4. The SMILES string of the molecule is Cc1ccc(-c2c(-c3ccc(F)cc3)c(C)c(F)c(-c3ccc(Br)cc3)c2-c2ccc(Cl)cc2)cc1. The van der Waals surface area contributed by atoms with Gasteiger partial charge in [-0.15, -0.1) is 0 Å². The van der Waals surface area contributed by atoms with Crippen LogP contribution in [0, 0.1) is 25.5 Å². The van der Waals surface area contributed by atoms with E-state index in [9.17, 15) is 4.39 Å². The molecule has 0 bridgehead atoms. The van der Waals surface area contributed by atoms with Crippen LogP contribution in [0.1, 0.15) is 11.1 Å². The van der Waals surface area contributed by atoms with Crippen LogP contribution in [-0.4, -0.2) is 0 Å². The fourth-order valence-electron chi connectivity index (χ4n) is 4.62. The van der Waals surface area contributed by atoms with Gasteiger partial charge in [0.15, 0.2) is 0 Å². The van der Waals surface area contributed by atoms with Crippen molar-refractivity contribution in [2.45, 2.75) is 13.8 Å². The number of hydrogen-bond donors (Lipinski definition) is 0. The first-order chi connectivity index (χ1) is 17.3. The average molecular weight is 560 g/mol. The van der Waals surface area contributed by atoms with E-state index in [1.54, 1.807) is 19.1 Å². The van der Waals surface area contributed by atoms with Crippen molar-refractivity contribution in [2.75, 3.05) is 0 Å². The number of halogens is 4. The van der Waals surface area contributed by atoms with Crippen molar-refractivity contribution in [1.82, 2.24) is 0 Å². The van der Waals surface area contributed by atoms with E-state index in [1.165, 1.54) is 12.1 Å². The quantitative estimate of drug-likeness (QED) is 0.205. The average Bonchev–Trinajstić information content (AvgIpc) is 2.88. The minimum Gasteiger partial charge on any atom is -0.207 e. The molecule has 36 heavy (non-hydrogen) atoms. The second-order valence-electron chi connectivity index (χ2n) is 8.83. The second-order valence-corrected chi connectivity index (χ2v) is 10.2. The zero-order chi connectivity index (χ0) is 25.4. The number of aryl methyl sites for hydroxylation is 1. The Morgan fingerprint density at radius 3 is 1.53 bits per heavy atom. The molecule has 0 amide bonds. The van der Waals surface area contributed by atoms with Crippen LogP contribution in [0.4, 0.5) is 8.78 Å². The Bertz CT molecular complexity index is 1420. The lowest BCUT2D eigenvalue weighted by atomic mass is 9.80. The molecule has 0 aliphatic rings. The topological polar surface area (TPSA) is 0 Å². The minimum absolute atomic E-state index is 0.308. The lowest BCUT2D eigenvalue weighted by molar-refractivity contribution is 0.623. The molecular weight excluding hydrogens is 538 g/mol. The van der Waals surface area contributed by atoms with Crippen LogP contribution < -0.4 is 0 Å². The van der Waals surface area contributed by atoms with Gasteiger partial charge in [-0.05, 0) is 89.2 Å². The van der Waals surface area contributed by atoms with E-state index in [-0.39, 0.29) is 11.6 Å². The van der Waals surface area contributed by atoms with Crippen LogP contribution in [0.5, 0.6) is 0 Å². The second kappa shape index (κ2) is 10.0. The molecular formula is C32H22BrClF2. The van der Waals surface area contributed by atoms with Gasteiger partial charge in [0.25, 0.3) is 0 Å². The molecule has 0 saturated carbocycles. The van der Waals surface area contributed by atoms with E-state index in [2.05, 4.69) is 28.1 Å². The maximum Gasteiger partial charge on any atom is 0.135 e. The molecule has 0 saturated heterocycles. The Morgan fingerprint density at radius 1 is 0.528 bits per heavy atom. The van der Waals surface area contributed by atoms with Crippen LogP contribution in [0.15, 0.2) is 102 Å². The third kappa shape index (κ3) is 4.61. The van der Waals surface area contributed by atoms with E-state index < -0.39 is 0 Å². The van der Waals surface area contributed by atoms with E-state index in [0.717, 1.165) is 49.0 Å². The molecule has 0 spiro atoms. The zero-order valence-corrected chi connectivity index (χ0v) is 22.1. The highest BCUT2D eigenvalue weighted by atomic mass is 79.9. The molecule has 0 heterocycles. The summed E-state index contributed by atoms with van der Waals surface area (Å²) in [6.07, 6.45) is 0. The molecule has 0 unspecified atom stereocenters. The van der Waals surface area contributed by atoms with Crippen LogP contribution in [-0.2, 0) is 0 Å². The largest absolute Gasteiger partial charge is 0.207 e. The van der Waals surface area contributed by atoms with Crippen molar-refractivity contribution in [1.29, 1.82) is 0 Å². The lowest BCUT2D eigenvalue weighted by Gasteiger charge is -2.24. The summed E-state index contributed by atoms with van der Waals surface area (Å²) in [7, 11) is 0. The van der Waals surface area contributed by atoms with Crippen LogP contribution >= 0.6 is 27.5 Å². The maximum absolute atomic E-state index is 16.5. The summed E-state index contributed by atoms with van der Waals surface area (Å²) in [4.78, 5) is 0. The summed E-state index contributed by atoms with van der Waals surface area (Å²) in [5.41, 5.74) is 7.85. The highest BCUT2D eigenvalue weighted by Gasteiger charge is 2.26. The van der Waals surface area contributed by atoms with Crippen molar-refractivity contribution in [2.24, 2.45) is 0 Å². The van der Waals surface area contributed by atoms with Crippen molar-refractivity contribution in [3.63, 3.8) is 0 Å². The van der Waals surface area contributed by atoms with Crippen molar-refractivity contribution in [3.05, 3.63) is 129 Å². The Balaban J connectivity index is 1.98. The molecule has 5 aromatic rings. The van der Waals surface area contributed by atoms with Crippen molar-refractivity contribution in [3.8, 4) is 44.5 Å². The van der Waals surface area contributed by atoms with Gasteiger partial charge in [-0.2, -0.15) is 0 Å². The van der Waals surface area contributed by atoms with Gasteiger partial charge in [0, 0.05) is 20.6 Å². The Hall–Kier alpha value is -3.27. The summed E-state index contributed by atoms with van der Waals surface area (Å²) < 4.78 is 31.3. The molecule has 0 radical (unpaired) electrons. The molecule has 4 heteroatoms. The van der Waals surface area contributed by atoms with E-state index in [4.69, 9.17) is 11.6 Å². The first-order valence-electron chi connectivity index (χ1n) is 11.5. The molecule has 0 nitrogen and oxygen atoms in total. The van der Waals surface area contributed by atoms with Gasteiger partial charge in [0.1, 0.15) is 11.6 Å². The summed E-state index contributed by atoms with van der Waals surface area (Å²) in [5, 5.41) is 0.604. The molecule has 0 aliphatic heterocycles. The molecule has 5 aromatic carbocycles. The third-order valence-electron chi connectivity index (χ3n) is 6.41. The Labute approximate surface area is 223 Å². The first-order valence-corrected chi connectivity index (χ1v) is 12.7. The fourth-order valence-corrected chi connectivity index (χ4v) is 5.01. The van der Waals surface area contributed by atoms with Crippen LogP contribution in [0.25, 0.3) is 44.5 Å². The molecule has 0 aromatic heterocycles. The lowest BCUT2D eigenvalue weighted by Crippen LogP contribution is -2.02. The highest BCUT2D eigenvalue weighted by molar-refractivity contribution is 9.10. The Morgan fingerprint density at radius 2 is 0.944 bits per heavy atom. The summed E-state index contributed by atoms with van der Waals surface area (Å²) in [6, 6.07) is 29.6. The van der Waals surface area contributed by atoms with Gasteiger partial charge in [-0.25, -0.2) is 8.78 Å². The fraction of sp³-hybridized carbons (Fsp3) is 0.0625. The summed E-state index contributed by atoms with van der Waals surface area (Å²) in [5.74, 6) is -0.643. The molecule has 0 aliphatic carbocycles. The number of hydrogen-bond acceptors (Lipinski definition) is 0. The standard InChI is InChI=1S/C32H22BrClF2/c1-19-3-5-22(6-4-19)29-28(21-11-17-27(35)18-12-21)20(2)32(36)31(24-7-13-25(33)14-8-24)30(29)23-9-15-26(34)16-10-23/h3-18H,1-2H3. The summed E-state index contributed by atoms with van der Waals surface area (Å²) in [6.45, 7) is 3.83. The van der Waals surface area contributed by atoms with Crippen molar-refractivity contribution >= 4 is 27.5 Å². The number of benzene rings is 5. The van der Waals surface area contributed by atoms with Gasteiger partial charge in [-0.1, -0.05) is 93.8 Å². The first kappa shape index (κ1) is 24.4. The van der Waals surface area contributed by atoms with Crippen molar-refractivity contribution < 1.29 is 8.78 Å². The zero-order valence-electron chi connectivity index (χ0n) is 19.7. The van der Waals surface area contributed by atoms with Gasteiger partial charge in [0.05, 0.1) is 0 Å². The molecule has 178 valence electrons. The molecule has 0 fully saturated rings. The monoisotopic (exact) mass is 558 g/mol. The van der Waals surface area contributed by atoms with Gasteiger partial charge < -0.3 is 0 Å². The van der Waals surface area contributed by atoms with E-state index in [0.29, 0.717) is 16.1 Å². The predicted molar refractivity (Wildman–Crippen MR) is 150 cm³/mol. The predicted octanol–water partition coefficient (Wildman–Crippen LogP) is 10.7. The van der Waals surface area contributed by atoms with Crippen LogP contribution in [0.2, 0.25) is 5.02 Å². The van der Waals surface area contributed by atoms with E-state index >= 15 is 4.39 Å². The molecule has 0 N–H and O–H groups in total. The van der Waals surface area contributed by atoms with Gasteiger partial charge in [-0.3, -0.25) is 0 Å². The normalized spacial score (nSPS) is 11.1. The van der Waals surface area contributed by atoms with Crippen LogP contribution in [0.3, 0.4) is 0 Å². The van der Waals surface area contributed by atoms with Gasteiger partial charge in [0.2, 0.25) is 0 Å². The van der Waals surface area contributed by atoms with Gasteiger partial charge >= 0.3 is 0 Å². The third-order valence-corrected chi connectivity index (χ3v) is 7.19.